The molecule has 0 aliphatic carbocycles. The molecule has 0 radical (unpaired) electrons. The van der Waals surface area contributed by atoms with Gasteiger partial charge >= 0.3 is 0 Å². The number of hydrogen-bond acceptors (Lipinski definition) is 5. The second-order valence-corrected chi connectivity index (χ2v) is 7.50. The van der Waals surface area contributed by atoms with E-state index in [2.05, 4.69) is 10.1 Å². The zero-order valence-corrected chi connectivity index (χ0v) is 13.8. The number of nitrogens with zero attached hydrogens (tertiary/aromatic N) is 2. The number of halogens is 1. The molecule has 0 N–H and O–H groups in total. The first-order chi connectivity index (χ1) is 10.9. The molecule has 118 valence electrons. The summed E-state index contributed by atoms with van der Waals surface area (Å²) < 4.78 is 28.1. The highest BCUT2D eigenvalue weighted by atomic mass is 35.5. The minimum atomic E-state index is -3.22. The summed E-state index contributed by atoms with van der Waals surface area (Å²) in [6.07, 6.45) is 1.63. The fraction of sp³-hybridized carbons (Fsp3) is 0.125. The monoisotopic (exact) mass is 348 g/mol. The Kier molecular flexibility index (Phi) is 4.19. The summed E-state index contributed by atoms with van der Waals surface area (Å²) in [5.74, 6) is 0.854. The summed E-state index contributed by atoms with van der Waals surface area (Å²) in [7, 11) is -3.22. The van der Waals surface area contributed by atoms with E-state index < -0.39 is 9.84 Å². The number of rotatable bonds is 4. The molecule has 7 heteroatoms. The maximum Gasteiger partial charge on any atom is 0.257 e. The highest BCUT2D eigenvalue weighted by Gasteiger charge is 2.12. The Bertz CT molecular complexity index is 934. The van der Waals surface area contributed by atoms with Crippen molar-refractivity contribution in [2.24, 2.45) is 0 Å². The molecule has 0 saturated carbocycles. The molecule has 0 spiro atoms. The van der Waals surface area contributed by atoms with Crippen molar-refractivity contribution < 1.29 is 12.9 Å². The second-order valence-electron chi connectivity index (χ2n) is 5.08. The lowest BCUT2D eigenvalue weighted by Crippen LogP contribution is -1.96. The molecule has 3 aromatic rings. The fourth-order valence-electron chi connectivity index (χ4n) is 2.10. The molecule has 23 heavy (non-hydrogen) atoms. The first-order valence-corrected chi connectivity index (χ1v) is 9.07. The summed E-state index contributed by atoms with van der Waals surface area (Å²) in [5, 5.41) is 4.59. The predicted octanol–water partition coefficient (Wildman–Crippen LogP) is 3.38. The quantitative estimate of drug-likeness (QED) is 0.722. The van der Waals surface area contributed by atoms with Crippen LogP contribution in [0.5, 0.6) is 0 Å². The number of benzene rings is 2. The lowest BCUT2D eigenvalue weighted by Gasteiger charge is -1.99. The van der Waals surface area contributed by atoms with Gasteiger partial charge in [-0.2, -0.15) is 4.98 Å². The average Bonchev–Trinajstić information content (AvgIpc) is 2.97. The van der Waals surface area contributed by atoms with Gasteiger partial charge in [-0.05, 0) is 35.9 Å². The van der Waals surface area contributed by atoms with Crippen LogP contribution in [0.1, 0.15) is 11.4 Å². The topological polar surface area (TPSA) is 73.1 Å². The molecule has 1 heterocycles. The minimum absolute atomic E-state index is 0.247. The van der Waals surface area contributed by atoms with Crippen molar-refractivity contribution in [3.63, 3.8) is 0 Å². The van der Waals surface area contributed by atoms with Crippen molar-refractivity contribution in [2.45, 2.75) is 11.3 Å². The summed E-state index contributed by atoms with van der Waals surface area (Å²) >= 11 is 6.12. The van der Waals surface area contributed by atoms with E-state index in [0.29, 0.717) is 28.7 Å². The largest absolute Gasteiger partial charge is 0.334 e. The molecule has 1 aromatic heterocycles. The van der Waals surface area contributed by atoms with E-state index in [0.717, 1.165) is 11.8 Å². The predicted molar refractivity (Wildman–Crippen MR) is 87.1 cm³/mol. The second kappa shape index (κ2) is 6.14. The van der Waals surface area contributed by atoms with E-state index in [1.165, 1.54) is 12.1 Å². The van der Waals surface area contributed by atoms with Gasteiger partial charge in [0.05, 0.1) is 4.90 Å². The lowest BCUT2D eigenvalue weighted by molar-refractivity contribution is 0.424. The van der Waals surface area contributed by atoms with E-state index in [1.54, 1.807) is 12.1 Å². The summed E-state index contributed by atoms with van der Waals surface area (Å²) in [4.78, 5) is 4.57. The van der Waals surface area contributed by atoms with E-state index in [-0.39, 0.29) is 4.90 Å². The molecular formula is C16H13ClN2O3S. The van der Waals surface area contributed by atoms with Gasteiger partial charge in [0.1, 0.15) is 0 Å². The van der Waals surface area contributed by atoms with Crippen molar-refractivity contribution >= 4 is 21.4 Å². The molecule has 0 aliphatic heterocycles. The number of hydrogen-bond donors (Lipinski definition) is 0. The average molecular weight is 349 g/mol. The third-order valence-electron chi connectivity index (χ3n) is 3.30. The highest BCUT2D eigenvalue weighted by Crippen LogP contribution is 2.22. The molecular weight excluding hydrogens is 336 g/mol. The van der Waals surface area contributed by atoms with Gasteiger partial charge in [-0.1, -0.05) is 35.0 Å². The highest BCUT2D eigenvalue weighted by molar-refractivity contribution is 7.90. The van der Waals surface area contributed by atoms with Crippen LogP contribution in [0.3, 0.4) is 0 Å². The van der Waals surface area contributed by atoms with Gasteiger partial charge in [0.15, 0.2) is 15.7 Å². The molecule has 3 rings (SSSR count). The van der Waals surface area contributed by atoms with Crippen molar-refractivity contribution in [3.05, 3.63) is 64.9 Å². The van der Waals surface area contributed by atoms with Crippen LogP contribution >= 0.6 is 11.6 Å². The van der Waals surface area contributed by atoms with Crippen LogP contribution in [0.2, 0.25) is 5.02 Å². The van der Waals surface area contributed by atoms with Crippen molar-refractivity contribution in [1.29, 1.82) is 0 Å². The SMILES string of the molecule is CS(=O)(=O)c1ccc(-c2nc(Cc3ccccc3Cl)no2)cc1. The molecule has 5 nitrogen and oxygen atoms in total. The summed E-state index contributed by atoms with van der Waals surface area (Å²) in [6.45, 7) is 0. The Labute approximate surface area is 138 Å². The van der Waals surface area contributed by atoms with Crippen LogP contribution < -0.4 is 0 Å². The van der Waals surface area contributed by atoms with Crippen LogP contribution in [0, 0.1) is 0 Å². The van der Waals surface area contributed by atoms with E-state index in [4.69, 9.17) is 16.1 Å². The molecule has 0 amide bonds. The van der Waals surface area contributed by atoms with Crippen LogP contribution in [-0.4, -0.2) is 24.8 Å². The van der Waals surface area contributed by atoms with Crippen LogP contribution in [-0.2, 0) is 16.3 Å². The maximum absolute atomic E-state index is 11.5. The Morgan fingerprint density at radius 3 is 2.43 bits per heavy atom. The molecule has 0 unspecified atom stereocenters. The molecule has 2 aromatic carbocycles. The van der Waals surface area contributed by atoms with Crippen LogP contribution in [0.25, 0.3) is 11.5 Å². The summed E-state index contributed by atoms with van der Waals surface area (Å²) in [6, 6.07) is 13.8. The van der Waals surface area contributed by atoms with Gasteiger partial charge in [0.25, 0.3) is 5.89 Å². The molecule has 0 aliphatic rings. The Morgan fingerprint density at radius 2 is 1.78 bits per heavy atom. The third kappa shape index (κ3) is 3.60. The Hall–Kier alpha value is -2.18. The number of aromatic nitrogens is 2. The van der Waals surface area contributed by atoms with Gasteiger partial charge in [-0.15, -0.1) is 0 Å². The third-order valence-corrected chi connectivity index (χ3v) is 4.80. The number of sulfone groups is 1. The standard InChI is InChI=1S/C16H13ClN2O3S/c1-23(20,21)13-8-6-11(7-9-13)16-18-15(19-22-16)10-12-4-2-3-5-14(12)17/h2-9H,10H2,1H3. The van der Waals surface area contributed by atoms with Gasteiger partial charge in [-0.25, -0.2) is 8.42 Å². The van der Waals surface area contributed by atoms with E-state index in [9.17, 15) is 8.42 Å². The van der Waals surface area contributed by atoms with Gasteiger partial charge in [-0.3, -0.25) is 0 Å². The van der Waals surface area contributed by atoms with Crippen molar-refractivity contribution in [1.82, 2.24) is 10.1 Å². The zero-order chi connectivity index (χ0) is 16.4. The molecule has 0 bridgehead atoms. The molecule has 0 saturated heterocycles. The fourth-order valence-corrected chi connectivity index (χ4v) is 2.93. The molecule has 0 fully saturated rings. The van der Waals surface area contributed by atoms with E-state index >= 15 is 0 Å². The van der Waals surface area contributed by atoms with E-state index in [1.807, 2.05) is 24.3 Å². The van der Waals surface area contributed by atoms with Gasteiger partial charge < -0.3 is 4.52 Å². The van der Waals surface area contributed by atoms with Gasteiger partial charge in [0, 0.05) is 23.3 Å². The Balaban J connectivity index is 1.83. The van der Waals surface area contributed by atoms with Crippen LogP contribution in [0.15, 0.2) is 57.9 Å². The molecule has 0 atom stereocenters. The zero-order valence-electron chi connectivity index (χ0n) is 12.2. The maximum atomic E-state index is 11.5. The lowest BCUT2D eigenvalue weighted by atomic mass is 10.1. The first-order valence-electron chi connectivity index (χ1n) is 6.80. The van der Waals surface area contributed by atoms with Crippen molar-refractivity contribution in [2.75, 3.05) is 6.26 Å². The Morgan fingerprint density at radius 1 is 1.09 bits per heavy atom. The van der Waals surface area contributed by atoms with Crippen LogP contribution in [0.4, 0.5) is 0 Å². The smallest absolute Gasteiger partial charge is 0.257 e. The minimum Gasteiger partial charge on any atom is -0.334 e. The first kappa shape index (κ1) is 15.7. The van der Waals surface area contributed by atoms with Gasteiger partial charge in [0.2, 0.25) is 0 Å². The summed E-state index contributed by atoms with van der Waals surface area (Å²) in [5.41, 5.74) is 1.57. The normalized spacial score (nSPS) is 11.6. The van der Waals surface area contributed by atoms with Crippen molar-refractivity contribution in [3.8, 4) is 11.5 Å².